The number of rotatable bonds is 6. The van der Waals surface area contributed by atoms with E-state index in [1.807, 2.05) is 19.1 Å². The lowest BCUT2D eigenvalue weighted by Crippen LogP contribution is -2.37. The van der Waals surface area contributed by atoms with Crippen molar-refractivity contribution in [1.29, 1.82) is 0 Å². The first kappa shape index (κ1) is 18.9. The topological polar surface area (TPSA) is 49.3 Å². The summed E-state index contributed by atoms with van der Waals surface area (Å²) in [5, 5.41) is 7.54. The average molecular weight is 413 g/mol. The summed E-state index contributed by atoms with van der Waals surface area (Å²) in [5.74, 6) is 0.568. The number of hydrogen-bond donors (Lipinski definition) is 2. The summed E-state index contributed by atoms with van der Waals surface area (Å²) >= 11 is 4.96. The molecule has 130 valence electrons. The molecule has 2 rings (SSSR count). The van der Waals surface area contributed by atoms with Crippen molar-refractivity contribution < 1.29 is 4.39 Å². The lowest BCUT2D eigenvalue weighted by Gasteiger charge is -2.11. The lowest BCUT2D eigenvalue weighted by atomic mass is 10.1. The minimum atomic E-state index is -0.165. The van der Waals surface area contributed by atoms with Gasteiger partial charge in [0.1, 0.15) is 10.8 Å². The standard InChI is InChI=1S/C17H22BrFN4S/c1-11-12(2)24-16(23-11)10-22-17(20-3)21-8-4-5-13-6-7-14(18)9-15(13)19/h6-7,9H,4-5,8,10H2,1-3H3,(H2,20,21,22). The van der Waals surface area contributed by atoms with Gasteiger partial charge in [-0.05, 0) is 44.4 Å². The molecule has 7 heteroatoms. The van der Waals surface area contributed by atoms with Gasteiger partial charge in [-0.25, -0.2) is 9.37 Å². The van der Waals surface area contributed by atoms with Gasteiger partial charge < -0.3 is 10.6 Å². The molecule has 0 unspecified atom stereocenters. The second-order valence-electron chi connectivity index (χ2n) is 5.44. The molecule has 0 amide bonds. The smallest absolute Gasteiger partial charge is 0.191 e. The van der Waals surface area contributed by atoms with Crippen LogP contribution in [0.3, 0.4) is 0 Å². The second-order valence-corrected chi connectivity index (χ2v) is 7.64. The van der Waals surface area contributed by atoms with Crippen molar-refractivity contribution in [3.8, 4) is 0 Å². The van der Waals surface area contributed by atoms with Gasteiger partial charge in [-0.3, -0.25) is 4.99 Å². The Hall–Kier alpha value is -1.47. The third kappa shape index (κ3) is 5.56. The number of halogens is 2. The van der Waals surface area contributed by atoms with E-state index >= 15 is 0 Å². The van der Waals surface area contributed by atoms with Crippen LogP contribution in [0.4, 0.5) is 4.39 Å². The molecule has 0 aliphatic carbocycles. The van der Waals surface area contributed by atoms with Crippen LogP contribution in [0.25, 0.3) is 0 Å². The van der Waals surface area contributed by atoms with E-state index < -0.39 is 0 Å². The minimum absolute atomic E-state index is 0.165. The molecule has 4 nitrogen and oxygen atoms in total. The highest BCUT2D eigenvalue weighted by atomic mass is 79.9. The number of nitrogens with zero attached hydrogens (tertiary/aromatic N) is 2. The first-order chi connectivity index (χ1) is 11.5. The van der Waals surface area contributed by atoms with Crippen LogP contribution in [0.5, 0.6) is 0 Å². The molecule has 0 saturated heterocycles. The van der Waals surface area contributed by atoms with Crippen molar-refractivity contribution >= 4 is 33.2 Å². The normalized spacial score (nSPS) is 11.6. The Bertz CT molecular complexity index is 695. The lowest BCUT2D eigenvalue weighted by molar-refractivity contribution is 0.602. The molecule has 0 atom stereocenters. The number of benzene rings is 1. The summed E-state index contributed by atoms with van der Waals surface area (Å²) in [4.78, 5) is 9.94. The highest BCUT2D eigenvalue weighted by molar-refractivity contribution is 9.10. The maximum absolute atomic E-state index is 13.8. The number of thiazole rings is 1. The summed E-state index contributed by atoms with van der Waals surface area (Å²) in [6, 6.07) is 5.19. The zero-order valence-electron chi connectivity index (χ0n) is 14.1. The molecule has 0 fully saturated rings. The number of hydrogen-bond acceptors (Lipinski definition) is 3. The second kappa shape index (κ2) is 9.13. The summed E-state index contributed by atoms with van der Waals surface area (Å²) in [5.41, 5.74) is 1.81. The van der Waals surface area contributed by atoms with Crippen molar-refractivity contribution in [3.05, 3.63) is 49.6 Å². The van der Waals surface area contributed by atoms with Crippen LogP contribution in [0.15, 0.2) is 27.7 Å². The van der Waals surface area contributed by atoms with Gasteiger partial charge in [0.2, 0.25) is 0 Å². The van der Waals surface area contributed by atoms with Crippen molar-refractivity contribution in [2.45, 2.75) is 33.2 Å². The van der Waals surface area contributed by atoms with Crippen LogP contribution in [0, 0.1) is 19.7 Å². The van der Waals surface area contributed by atoms with Crippen molar-refractivity contribution in [2.24, 2.45) is 4.99 Å². The van der Waals surface area contributed by atoms with Gasteiger partial charge in [-0.2, -0.15) is 0 Å². The fraction of sp³-hybridized carbons (Fsp3) is 0.412. The molecular formula is C17H22BrFN4S. The SMILES string of the molecule is CN=C(NCCCc1ccc(Br)cc1F)NCc1nc(C)c(C)s1. The fourth-order valence-corrected chi connectivity index (χ4v) is 3.41. The van der Waals surface area contributed by atoms with Gasteiger partial charge in [-0.15, -0.1) is 11.3 Å². The number of aliphatic imine (C=N–C) groups is 1. The Labute approximate surface area is 154 Å². The highest BCUT2D eigenvalue weighted by Gasteiger charge is 2.05. The van der Waals surface area contributed by atoms with Crippen molar-refractivity contribution in [1.82, 2.24) is 15.6 Å². The Morgan fingerprint density at radius 2 is 2.12 bits per heavy atom. The van der Waals surface area contributed by atoms with E-state index in [9.17, 15) is 4.39 Å². The van der Waals surface area contributed by atoms with Crippen LogP contribution in [0.1, 0.15) is 27.6 Å². The highest BCUT2D eigenvalue weighted by Crippen LogP contribution is 2.17. The summed E-state index contributed by atoms with van der Waals surface area (Å²) in [7, 11) is 1.74. The van der Waals surface area contributed by atoms with Crippen LogP contribution in [-0.4, -0.2) is 24.5 Å². The first-order valence-electron chi connectivity index (χ1n) is 7.81. The Morgan fingerprint density at radius 3 is 2.75 bits per heavy atom. The van der Waals surface area contributed by atoms with E-state index in [-0.39, 0.29) is 5.82 Å². The fourth-order valence-electron chi connectivity index (χ4n) is 2.20. The maximum atomic E-state index is 13.8. The molecule has 1 heterocycles. The van der Waals surface area contributed by atoms with Gasteiger partial charge in [0, 0.05) is 22.9 Å². The van der Waals surface area contributed by atoms with E-state index in [0.717, 1.165) is 39.7 Å². The molecule has 1 aromatic carbocycles. The van der Waals surface area contributed by atoms with E-state index in [4.69, 9.17) is 0 Å². The molecule has 2 N–H and O–H groups in total. The molecule has 0 bridgehead atoms. The third-order valence-corrected chi connectivity index (χ3v) is 5.20. The summed E-state index contributed by atoms with van der Waals surface area (Å²) < 4.78 is 14.5. The van der Waals surface area contributed by atoms with Crippen LogP contribution < -0.4 is 10.6 Å². The first-order valence-corrected chi connectivity index (χ1v) is 9.42. The Morgan fingerprint density at radius 1 is 1.33 bits per heavy atom. The number of guanidine groups is 1. The summed E-state index contributed by atoms with van der Waals surface area (Å²) in [6.45, 7) is 5.47. The predicted octanol–water partition coefficient (Wildman–Crippen LogP) is 3.96. The van der Waals surface area contributed by atoms with Gasteiger partial charge >= 0.3 is 0 Å². The molecule has 24 heavy (non-hydrogen) atoms. The zero-order valence-corrected chi connectivity index (χ0v) is 16.5. The molecule has 2 aromatic rings. The number of nitrogens with one attached hydrogen (secondary N) is 2. The van der Waals surface area contributed by atoms with E-state index in [0.29, 0.717) is 13.0 Å². The molecule has 0 aliphatic rings. The van der Waals surface area contributed by atoms with E-state index in [1.54, 1.807) is 18.4 Å². The number of aromatic nitrogens is 1. The van der Waals surface area contributed by atoms with Gasteiger partial charge in [0.15, 0.2) is 5.96 Å². The van der Waals surface area contributed by atoms with E-state index in [2.05, 4.69) is 43.5 Å². The average Bonchev–Trinajstić information content (AvgIpc) is 2.86. The van der Waals surface area contributed by atoms with Crippen molar-refractivity contribution in [2.75, 3.05) is 13.6 Å². The number of aryl methyl sites for hydroxylation is 3. The minimum Gasteiger partial charge on any atom is -0.356 e. The largest absolute Gasteiger partial charge is 0.356 e. The summed E-state index contributed by atoms with van der Waals surface area (Å²) in [6.07, 6.45) is 1.52. The molecule has 0 spiro atoms. The molecular weight excluding hydrogens is 391 g/mol. The van der Waals surface area contributed by atoms with Crippen LogP contribution >= 0.6 is 27.3 Å². The Balaban J connectivity index is 1.73. The molecule has 1 aromatic heterocycles. The monoisotopic (exact) mass is 412 g/mol. The molecule has 0 saturated carbocycles. The molecule has 0 radical (unpaired) electrons. The zero-order chi connectivity index (χ0) is 17.5. The van der Waals surface area contributed by atoms with Gasteiger partial charge in [0.05, 0.1) is 12.2 Å². The van der Waals surface area contributed by atoms with Crippen LogP contribution in [-0.2, 0) is 13.0 Å². The third-order valence-electron chi connectivity index (χ3n) is 3.63. The van der Waals surface area contributed by atoms with Crippen molar-refractivity contribution in [3.63, 3.8) is 0 Å². The quantitative estimate of drug-likeness (QED) is 0.428. The van der Waals surface area contributed by atoms with Gasteiger partial charge in [0.25, 0.3) is 0 Å². The predicted molar refractivity (Wildman–Crippen MR) is 102 cm³/mol. The van der Waals surface area contributed by atoms with E-state index in [1.165, 1.54) is 10.9 Å². The maximum Gasteiger partial charge on any atom is 0.191 e. The van der Waals surface area contributed by atoms with Gasteiger partial charge in [-0.1, -0.05) is 22.0 Å². The Kier molecular flexibility index (Phi) is 7.17. The van der Waals surface area contributed by atoms with Crippen LogP contribution in [0.2, 0.25) is 0 Å². The molecule has 0 aliphatic heterocycles.